The Morgan fingerprint density at radius 3 is 2.59 bits per heavy atom. The Hall–Kier alpha value is -4.05. The van der Waals surface area contributed by atoms with E-state index in [0.29, 0.717) is 15.6 Å². The number of aryl methyl sites for hydroxylation is 2. The van der Waals surface area contributed by atoms with E-state index < -0.39 is 18.5 Å². The monoisotopic (exact) mass is 572 g/mol. The molecule has 7 nitrogen and oxygen atoms in total. The van der Waals surface area contributed by atoms with Crippen molar-refractivity contribution >= 4 is 72.3 Å². The van der Waals surface area contributed by atoms with Gasteiger partial charge in [0, 0.05) is 16.6 Å². The van der Waals surface area contributed by atoms with Gasteiger partial charge in [-0.05, 0) is 74.0 Å². The first-order valence-corrected chi connectivity index (χ1v) is 14.1. The molecule has 6 aromatic rings. The highest BCUT2D eigenvalue weighted by Gasteiger charge is 2.20. The fourth-order valence-corrected chi connectivity index (χ4v) is 6.54. The molecule has 1 amide bonds. The number of carbonyl (C=O) groups excluding carboxylic acids is 2. The quantitative estimate of drug-likeness (QED) is 0.210. The average molecular weight is 573 g/mol. The lowest BCUT2D eigenvalue weighted by Crippen LogP contribution is -2.20. The molecule has 39 heavy (non-hydrogen) atoms. The number of carbonyl (C=O) groups is 2. The number of fused-ring (bicyclic) bond motifs is 2. The molecule has 6 rings (SSSR count). The highest BCUT2D eigenvalue weighted by atomic mass is 35.5. The number of nitrogens with one attached hydrogen (secondary N) is 1. The number of halogens is 1. The second kappa shape index (κ2) is 10.3. The Morgan fingerprint density at radius 2 is 1.79 bits per heavy atom. The zero-order valence-electron chi connectivity index (χ0n) is 20.9. The van der Waals surface area contributed by atoms with Crippen molar-refractivity contribution in [2.24, 2.45) is 0 Å². The number of thiophene rings is 1. The molecule has 3 aromatic heterocycles. The maximum Gasteiger partial charge on any atom is 0.348 e. The van der Waals surface area contributed by atoms with Crippen LogP contribution < -0.4 is 5.32 Å². The Balaban J connectivity index is 1.10. The van der Waals surface area contributed by atoms with Crippen molar-refractivity contribution in [3.63, 3.8) is 0 Å². The lowest BCUT2D eigenvalue weighted by molar-refractivity contribution is -0.119. The molecule has 194 valence electrons. The van der Waals surface area contributed by atoms with E-state index in [2.05, 4.69) is 23.4 Å². The average Bonchev–Trinajstić information content (AvgIpc) is 3.63. The first-order valence-electron chi connectivity index (χ1n) is 12.0. The SMILES string of the molecule is Cc1ccc2nc(-c3ccc(NC(=O)COC(=O)c4cc5c(C)nn(-c6ccccc6Cl)c5s4)cc3)sc2c1. The fourth-order valence-electron chi connectivity index (χ4n) is 4.19. The number of hydrogen-bond acceptors (Lipinski definition) is 7. The number of amides is 1. The molecule has 1 N–H and O–H groups in total. The third-order valence-electron chi connectivity index (χ3n) is 6.12. The Labute approximate surface area is 236 Å². The highest BCUT2D eigenvalue weighted by molar-refractivity contribution is 7.21. The van der Waals surface area contributed by atoms with Crippen LogP contribution in [0.1, 0.15) is 20.9 Å². The van der Waals surface area contributed by atoms with E-state index in [1.165, 1.54) is 16.9 Å². The van der Waals surface area contributed by atoms with Gasteiger partial charge in [0.15, 0.2) is 6.61 Å². The highest BCUT2D eigenvalue weighted by Crippen LogP contribution is 2.33. The number of anilines is 1. The molecular weight excluding hydrogens is 552 g/mol. The molecule has 0 aliphatic carbocycles. The van der Waals surface area contributed by atoms with E-state index >= 15 is 0 Å². The predicted octanol–water partition coefficient (Wildman–Crippen LogP) is 7.43. The molecule has 0 saturated carbocycles. The number of esters is 1. The Bertz CT molecular complexity index is 1870. The van der Waals surface area contributed by atoms with Crippen molar-refractivity contribution in [2.45, 2.75) is 13.8 Å². The van der Waals surface area contributed by atoms with Crippen molar-refractivity contribution in [3.05, 3.63) is 94.0 Å². The van der Waals surface area contributed by atoms with Crippen molar-refractivity contribution < 1.29 is 14.3 Å². The Kier molecular flexibility index (Phi) is 6.64. The van der Waals surface area contributed by atoms with Crippen LogP contribution in [0, 0.1) is 13.8 Å². The van der Waals surface area contributed by atoms with Gasteiger partial charge < -0.3 is 10.1 Å². The van der Waals surface area contributed by atoms with Gasteiger partial charge in [-0.15, -0.1) is 22.7 Å². The molecule has 0 saturated heterocycles. The molecule has 3 aromatic carbocycles. The first-order chi connectivity index (χ1) is 18.9. The van der Waals surface area contributed by atoms with Gasteiger partial charge in [0.25, 0.3) is 5.91 Å². The minimum atomic E-state index is -0.571. The molecule has 0 atom stereocenters. The molecular formula is C29H21ClN4O3S2. The van der Waals surface area contributed by atoms with E-state index in [4.69, 9.17) is 21.3 Å². The maximum atomic E-state index is 12.7. The number of para-hydroxylation sites is 1. The van der Waals surface area contributed by atoms with Crippen LogP contribution in [0.4, 0.5) is 5.69 Å². The molecule has 0 radical (unpaired) electrons. The standard InChI is InChI=1S/C29H21ClN4O3S2/c1-16-7-12-22-24(13-16)38-27(32-22)18-8-10-19(11-9-18)31-26(35)15-37-29(36)25-14-20-17(2)33-34(28(20)39-25)23-6-4-3-5-21(23)30/h3-14H,15H2,1-2H3,(H,31,35). The van der Waals surface area contributed by atoms with Crippen LogP contribution in [0.25, 0.3) is 36.7 Å². The van der Waals surface area contributed by atoms with Crippen LogP contribution in [0.5, 0.6) is 0 Å². The summed E-state index contributed by atoms with van der Waals surface area (Å²) >= 11 is 9.23. The topological polar surface area (TPSA) is 86.1 Å². The summed E-state index contributed by atoms with van der Waals surface area (Å²) in [4.78, 5) is 31.1. The minimum absolute atomic E-state index is 0.384. The van der Waals surface area contributed by atoms with E-state index in [1.54, 1.807) is 28.2 Å². The molecule has 3 heterocycles. The van der Waals surface area contributed by atoms with Gasteiger partial charge in [0.2, 0.25) is 0 Å². The molecule has 10 heteroatoms. The van der Waals surface area contributed by atoms with Gasteiger partial charge in [-0.2, -0.15) is 5.10 Å². The van der Waals surface area contributed by atoms with Gasteiger partial charge >= 0.3 is 5.97 Å². The molecule has 0 fully saturated rings. The first kappa shape index (κ1) is 25.2. The number of thiazole rings is 1. The summed E-state index contributed by atoms with van der Waals surface area (Å²) in [6.07, 6.45) is 0. The van der Waals surface area contributed by atoms with E-state index in [1.807, 2.05) is 61.5 Å². The van der Waals surface area contributed by atoms with Gasteiger partial charge in [-0.25, -0.2) is 14.5 Å². The minimum Gasteiger partial charge on any atom is -0.451 e. The van der Waals surface area contributed by atoms with Gasteiger partial charge in [-0.3, -0.25) is 4.79 Å². The zero-order valence-corrected chi connectivity index (χ0v) is 23.3. The van der Waals surface area contributed by atoms with Crippen molar-refractivity contribution in [2.75, 3.05) is 11.9 Å². The largest absolute Gasteiger partial charge is 0.451 e. The third kappa shape index (κ3) is 5.04. The second-order valence-electron chi connectivity index (χ2n) is 8.97. The number of rotatable bonds is 6. The predicted molar refractivity (Wildman–Crippen MR) is 157 cm³/mol. The number of nitrogens with zero attached hydrogens (tertiary/aromatic N) is 3. The van der Waals surface area contributed by atoms with Crippen LogP contribution in [-0.2, 0) is 9.53 Å². The smallest absolute Gasteiger partial charge is 0.348 e. The number of benzene rings is 3. The summed E-state index contributed by atoms with van der Waals surface area (Å²) in [6.45, 7) is 3.53. The van der Waals surface area contributed by atoms with E-state index in [-0.39, 0.29) is 0 Å². The molecule has 0 bridgehead atoms. The Morgan fingerprint density at radius 1 is 1.00 bits per heavy atom. The molecule has 0 unspecified atom stereocenters. The number of aromatic nitrogens is 3. The summed E-state index contributed by atoms with van der Waals surface area (Å²) in [5.74, 6) is -0.996. The van der Waals surface area contributed by atoms with Crippen LogP contribution in [0.3, 0.4) is 0 Å². The summed E-state index contributed by atoms with van der Waals surface area (Å²) in [5.41, 5.74) is 5.23. The van der Waals surface area contributed by atoms with Crippen LogP contribution in [0.2, 0.25) is 5.02 Å². The van der Waals surface area contributed by atoms with Crippen LogP contribution in [0.15, 0.2) is 72.8 Å². The third-order valence-corrected chi connectivity index (χ3v) is 8.60. The number of hydrogen-bond donors (Lipinski definition) is 1. The molecule has 0 aliphatic rings. The maximum absolute atomic E-state index is 12.7. The van der Waals surface area contributed by atoms with Crippen LogP contribution in [-0.4, -0.2) is 33.2 Å². The zero-order chi connectivity index (χ0) is 27.1. The van der Waals surface area contributed by atoms with Gasteiger partial charge in [-0.1, -0.05) is 29.8 Å². The van der Waals surface area contributed by atoms with Crippen LogP contribution >= 0.6 is 34.3 Å². The fraction of sp³-hybridized carbons (Fsp3) is 0.103. The molecule has 0 spiro atoms. The normalized spacial score (nSPS) is 11.3. The summed E-state index contributed by atoms with van der Waals surface area (Å²) in [7, 11) is 0. The second-order valence-corrected chi connectivity index (χ2v) is 11.4. The molecule has 0 aliphatic heterocycles. The lowest BCUT2D eigenvalue weighted by atomic mass is 10.2. The summed E-state index contributed by atoms with van der Waals surface area (Å²) in [5, 5.41) is 9.64. The van der Waals surface area contributed by atoms with Crippen molar-refractivity contribution in [3.8, 4) is 16.3 Å². The van der Waals surface area contributed by atoms with E-state index in [0.717, 1.165) is 42.4 Å². The van der Waals surface area contributed by atoms with Crippen molar-refractivity contribution in [1.29, 1.82) is 0 Å². The van der Waals surface area contributed by atoms with E-state index in [9.17, 15) is 9.59 Å². The van der Waals surface area contributed by atoms with Gasteiger partial charge in [0.05, 0.1) is 26.6 Å². The van der Waals surface area contributed by atoms with Gasteiger partial charge in [0.1, 0.15) is 14.7 Å². The summed E-state index contributed by atoms with van der Waals surface area (Å²) in [6, 6.07) is 22.7. The summed E-state index contributed by atoms with van der Waals surface area (Å²) < 4.78 is 8.16. The van der Waals surface area contributed by atoms with Crippen molar-refractivity contribution in [1.82, 2.24) is 14.8 Å². The number of ether oxygens (including phenoxy) is 1. The lowest BCUT2D eigenvalue weighted by Gasteiger charge is -2.07.